The van der Waals surface area contributed by atoms with E-state index < -0.39 is 0 Å². The molecule has 25 heavy (non-hydrogen) atoms. The SMILES string of the molecule is COc1c(Cl)cccc1NC(=O)N1CCN(Cc2cc(C)on2)CC1. The number of anilines is 1. The molecule has 134 valence electrons. The third kappa shape index (κ3) is 4.24. The smallest absolute Gasteiger partial charge is 0.322 e. The third-order valence-electron chi connectivity index (χ3n) is 4.13. The number of benzene rings is 1. The number of ether oxygens (including phenoxy) is 1. The van der Waals surface area contributed by atoms with Gasteiger partial charge in [-0.15, -0.1) is 0 Å². The van der Waals surface area contributed by atoms with Crippen LogP contribution in [0, 0.1) is 6.92 Å². The summed E-state index contributed by atoms with van der Waals surface area (Å²) in [5.41, 5.74) is 1.49. The molecule has 1 aliphatic heterocycles. The van der Waals surface area contributed by atoms with Gasteiger partial charge in [-0.3, -0.25) is 4.90 Å². The average molecular weight is 365 g/mol. The lowest BCUT2D eigenvalue weighted by atomic mass is 10.2. The van der Waals surface area contributed by atoms with Gasteiger partial charge in [0.05, 0.1) is 23.5 Å². The van der Waals surface area contributed by atoms with Crippen molar-refractivity contribution in [1.29, 1.82) is 0 Å². The number of hydrogen-bond acceptors (Lipinski definition) is 5. The lowest BCUT2D eigenvalue weighted by Crippen LogP contribution is -2.49. The first kappa shape index (κ1) is 17.6. The van der Waals surface area contributed by atoms with E-state index in [2.05, 4.69) is 15.4 Å². The van der Waals surface area contributed by atoms with Crippen molar-refractivity contribution in [1.82, 2.24) is 15.0 Å². The summed E-state index contributed by atoms with van der Waals surface area (Å²) in [6.45, 7) is 5.47. The van der Waals surface area contributed by atoms with Crippen LogP contribution in [0.4, 0.5) is 10.5 Å². The molecule has 8 heteroatoms. The molecule has 3 rings (SSSR count). The average Bonchev–Trinajstić information content (AvgIpc) is 3.00. The van der Waals surface area contributed by atoms with Crippen molar-refractivity contribution in [2.75, 3.05) is 38.6 Å². The van der Waals surface area contributed by atoms with Gasteiger partial charge in [0, 0.05) is 38.8 Å². The number of rotatable bonds is 4. The fourth-order valence-corrected chi connectivity index (χ4v) is 3.09. The van der Waals surface area contributed by atoms with Crippen molar-refractivity contribution in [3.63, 3.8) is 0 Å². The van der Waals surface area contributed by atoms with Gasteiger partial charge in [0.1, 0.15) is 5.76 Å². The first-order valence-corrected chi connectivity index (χ1v) is 8.47. The van der Waals surface area contributed by atoms with E-state index in [1.54, 1.807) is 23.1 Å². The number of nitrogens with one attached hydrogen (secondary N) is 1. The first-order valence-electron chi connectivity index (χ1n) is 8.10. The monoisotopic (exact) mass is 364 g/mol. The van der Waals surface area contributed by atoms with Crippen molar-refractivity contribution in [3.8, 4) is 5.75 Å². The molecule has 1 aliphatic rings. The van der Waals surface area contributed by atoms with Crippen LogP contribution >= 0.6 is 11.6 Å². The molecule has 0 spiro atoms. The fraction of sp³-hybridized carbons (Fsp3) is 0.412. The molecule has 7 nitrogen and oxygen atoms in total. The maximum Gasteiger partial charge on any atom is 0.322 e. The molecule has 2 amide bonds. The Labute approximate surface area is 151 Å². The van der Waals surface area contributed by atoms with E-state index in [1.165, 1.54) is 7.11 Å². The molecule has 1 saturated heterocycles. The number of urea groups is 1. The molecule has 1 aromatic heterocycles. The van der Waals surface area contributed by atoms with E-state index in [9.17, 15) is 4.79 Å². The van der Waals surface area contributed by atoms with E-state index in [1.807, 2.05) is 13.0 Å². The molecule has 0 radical (unpaired) electrons. The van der Waals surface area contributed by atoms with Crippen LogP contribution in [-0.4, -0.2) is 54.3 Å². The van der Waals surface area contributed by atoms with Crippen LogP contribution in [0.1, 0.15) is 11.5 Å². The second-order valence-electron chi connectivity index (χ2n) is 5.94. The Morgan fingerprint density at radius 3 is 2.76 bits per heavy atom. The van der Waals surface area contributed by atoms with Crippen molar-refractivity contribution in [2.45, 2.75) is 13.5 Å². The quantitative estimate of drug-likeness (QED) is 0.903. The number of carbonyl (C=O) groups is 1. The summed E-state index contributed by atoms with van der Waals surface area (Å²) in [7, 11) is 1.53. The lowest BCUT2D eigenvalue weighted by Gasteiger charge is -2.34. The van der Waals surface area contributed by atoms with E-state index in [0.29, 0.717) is 29.5 Å². The van der Waals surface area contributed by atoms with Crippen molar-refractivity contribution in [2.24, 2.45) is 0 Å². The van der Waals surface area contributed by atoms with Gasteiger partial charge in [-0.2, -0.15) is 0 Å². The normalized spacial score (nSPS) is 15.2. The van der Waals surface area contributed by atoms with E-state index in [-0.39, 0.29) is 6.03 Å². The number of halogens is 1. The second-order valence-corrected chi connectivity index (χ2v) is 6.35. The molecular weight excluding hydrogens is 344 g/mol. The summed E-state index contributed by atoms with van der Waals surface area (Å²) in [5.74, 6) is 1.28. The van der Waals surface area contributed by atoms with Crippen molar-refractivity contribution >= 4 is 23.3 Å². The summed E-state index contributed by atoms with van der Waals surface area (Å²) >= 11 is 6.09. The Kier molecular flexibility index (Phi) is 5.45. The lowest BCUT2D eigenvalue weighted by molar-refractivity contribution is 0.141. The minimum absolute atomic E-state index is 0.155. The van der Waals surface area contributed by atoms with Crippen LogP contribution in [0.15, 0.2) is 28.8 Å². The first-order chi connectivity index (χ1) is 12.1. The predicted octanol–water partition coefficient (Wildman–Crippen LogP) is 2.99. The Bertz CT molecular complexity index is 741. The predicted molar refractivity (Wildman–Crippen MR) is 95.1 cm³/mol. The van der Waals surface area contributed by atoms with Gasteiger partial charge in [-0.1, -0.05) is 22.8 Å². The third-order valence-corrected chi connectivity index (χ3v) is 4.43. The van der Waals surface area contributed by atoms with Crippen molar-refractivity contribution in [3.05, 3.63) is 40.7 Å². The number of nitrogens with zero attached hydrogens (tertiary/aromatic N) is 3. The molecule has 0 saturated carbocycles. The van der Waals surface area contributed by atoms with Gasteiger partial charge < -0.3 is 19.5 Å². The minimum atomic E-state index is -0.155. The molecule has 2 aromatic rings. The fourth-order valence-electron chi connectivity index (χ4n) is 2.84. The van der Waals surface area contributed by atoms with Gasteiger partial charge in [0.25, 0.3) is 0 Å². The number of aryl methyl sites for hydroxylation is 1. The Morgan fingerprint density at radius 2 is 2.12 bits per heavy atom. The molecule has 0 bridgehead atoms. The molecule has 1 N–H and O–H groups in total. The summed E-state index contributed by atoms with van der Waals surface area (Å²) < 4.78 is 10.3. The number of amides is 2. The van der Waals surface area contributed by atoms with Gasteiger partial charge in [0.2, 0.25) is 0 Å². The van der Waals surface area contributed by atoms with Gasteiger partial charge in [0.15, 0.2) is 5.75 Å². The van der Waals surface area contributed by atoms with Gasteiger partial charge >= 0.3 is 6.03 Å². The van der Waals surface area contributed by atoms with E-state index in [0.717, 1.165) is 31.1 Å². The number of piperazine rings is 1. The van der Waals surface area contributed by atoms with Crippen LogP contribution in [0.5, 0.6) is 5.75 Å². The highest BCUT2D eigenvalue weighted by atomic mass is 35.5. The second kappa shape index (κ2) is 7.76. The number of carbonyl (C=O) groups excluding carboxylic acids is 1. The van der Waals surface area contributed by atoms with Gasteiger partial charge in [-0.25, -0.2) is 4.79 Å². The molecule has 2 heterocycles. The molecule has 1 fully saturated rings. The highest BCUT2D eigenvalue weighted by molar-refractivity contribution is 6.32. The summed E-state index contributed by atoms with van der Waals surface area (Å²) in [5, 5.41) is 7.35. The summed E-state index contributed by atoms with van der Waals surface area (Å²) in [6.07, 6.45) is 0. The standard InChI is InChI=1S/C17H21ClN4O3/c1-12-10-13(20-25-12)11-21-6-8-22(9-7-21)17(23)19-15-5-3-4-14(18)16(15)24-2/h3-5,10H,6-9,11H2,1-2H3,(H,19,23). The molecule has 0 unspecified atom stereocenters. The van der Waals surface area contributed by atoms with Crippen LogP contribution in [0.25, 0.3) is 0 Å². The zero-order valence-electron chi connectivity index (χ0n) is 14.3. The molecule has 1 aromatic carbocycles. The number of aromatic nitrogens is 1. The van der Waals surface area contributed by atoms with E-state index >= 15 is 0 Å². The Balaban J connectivity index is 1.54. The Hall–Kier alpha value is -2.25. The minimum Gasteiger partial charge on any atom is -0.493 e. The number of para-hydroxylation sites is 1. The zero-order chi connectivity index (χ0) is 17.8. The highest BCUT2D eigenvalue weighted by Gasteiger charge is 2.22. The van der Waals surface area contributed by atoms with Crippen molar-refractivity contribution < 1.29 is 14.1 Å². The number of methoxy groups -OCH3 is 1. The molecule has 0 aliphatic carbocycles. The topological polar surface area (TPSA) is 70.8 Å². The Morgan fingerprint density at radius 1 is 1.36 bits per heavy atom. The van der Waals surface area contributed by atoms with Crippen LogP contribution < -0.4 is 10.1 Å². The van der Waals surface area contributed by atoms with Crippen LogP contribution in [0.2, 0.25) is 5.02 Å². The maximum atomic E-state index is 12.5. The largest absolute Gasteiger partial charge is 0.493 e. The maximum absolute atomic E-state index is 12.5. The summed E-state index contributed by atoms with van der Waals surface area (Å²) in [6, 6.07) is 7.05. The highest BCUT2D eigenvalue weighted by Crippen LogP contribution is 2.32. The van der Waals surface area contributed by atoms with Crippen LogP contribution in [0.3, 0.4) is 0 Å². The molecular formula is C17H21ClN4O3. The zero-order valence-corrected chi connectivity index (χ0v) is 15.0. The van der Waals surface area contributed by atoms with Crippen LogP contribution in [-0.2, 0) is 6.54 Å². The van der Waals surface area contributed by atoms with Gasteiger partial charge in [-0.05, 0) is 19.1 Å². The number of hydrogen-bond donors (Lipinski definition) is 1. The van der Waals surface area contributed by atoms with E-state index in [4.69, 9.17) is 20.9 Å². The molecule has 0 atom stereocenters. The summed E-state index contributed by atoms with van der Waals surface area (Å²) in [4.78, 5) is 16.5.